The van der Waals surface area contributed by atoms with Crippen LogP contribution in [0.5, 0.6) is 5.75 Å². The summed E-state index contributed by atoms with van der Waals surface area (Å²) in [7, 11) is 1.61. The summed E-state index contributed by atoms with van der Waals surface area (Å²) in [6, 6.07) is 5.66. The molecule has 0 spiro atoms. The largest absolute Gasteiger partial charge is 0.497 e. The Labute approximate surface area is 123 Å². The highest BCUT2D eigenvalue weighted by molar-refractivity contribution is 9.10. The van der Waals surface area contributed by atoms with Gasteiger partial charge in [-0.25, -0.2) is 4.98 Å². The quantitative estimate of drug-likeness (QED) is 0.928. The van der Waals surface area contributed by atoms with Crippen molar-refractivity contribution in [2.45, 2.75) is 13.5 Å². The second-order valence-corrected chi connectivity index (χ2v) is 5.50. The lowest BCUT2D eigenvalue weighted by atomic mass is 10.2. The molecule has 0 aliphatic heterocycles. The molecule has 1 aromatic carbocycles. The Morgan fingerprint density at radius 1 is 1.47 bits per heavy atom. The Bertz CT molecular complexity index is 600. The fourth-order valence-electron chi connectivity index (χ4n) is 1.49. The summed E-state index contributed by atoms with van der Waals surface area (Å²) in [6.07, 6.45) is 0. The summed E-state index contributed by atoms with van der Waals surface area (Å²) in [5, 5.41) is 3.17. The molecule has 7 heteroatoms. The van der Waals surface area contributed by atoms with E-state index in [4.69, 9.17) is 4.74 Å². The number of hydrogen-bond acceptors (Lipinski definition) is 5. The molecule has 0 unspecified atom stereocenters. The molecular formula is C12H12BrN3O2S. The maximum atomic E-state index is 11.8. The van der Waals surface area contributed by atoms with Gasteiger partial charge in [-0.15, -0.1) is 0 Å². The van der Waals surface area contributed by atoms with E-state index >= 15 is 0 Å². The van der Waals surface area contributed by atoms with Crippen LogP contribution in [0.4, 0.5) is 0 Å². The molecule has 0 saturated heterocycles. The monoisotopic (exact) mass is 341 g/mol. The zero-order chi connectivity index (χ0) is 13.8. The highest BCUT2D eigenvalue weighted by Crippen LogP contribution is 2.21. The van der Waals surface area contributed by atoms with E-state index in [1.54, 1.807) is 14.0 Å². The smallest absolute Gasteiger partial charge is 0.282 e. The van der Waals surface area contributed by atoms with Gasteiger partial charge >= 0.3 is 0 Å². The average Bonchev–Trinajstić information content (AvgIpc) is 2.82. The van der Waals surface area contributed by atoms with Crippen molar-refractivity contribution >= 4 is 33.4 Å². The highest BCUT2D eigenvalue weighted by atomic mass is 79.9. The molecule has 0 radical (unpaired) electrons. The molecule has 1 aromatic heterocycles. The number of nitrogens with one attached hydrogen (secondary N) is 1. The molecular weight excluding hydrogens is 330 g/mol. The van der Waals surface area contributed by atoms with E-state index in [0.717, 1.165) is 27.3 Å². The summed E-state index contributed by atoms with van der Waals surface area (Å²) in [5.41, 5.74) is 0.945. The number of rotatable bonds is 4. The van der Waals surface area contributed by atoms with Gasteiger partial charge in [-0.2, -0.15) is 4.37 Å². The summed E-state index contributed by atoms with van der Waals surface area (Å²) in [5.74, 6) is 1.13. The number of ether oxygens (including phenoxy) is 1. The lowest BCUT2D eigenvalue weighted by molar-refractivity contribution is 0.0950. The first-order chi connectivity index (χ1) is 9.08. The van der Waals surface area contributed by atoms with Crippen molar-refractivity contribution in [1.29, 1.82) is 0 Å². The number of nitrogens with zero attached hydrogens (tertiary/aromatic N) is 2. The number of hydrogen-bond donors (Lipinski definition) is 1. The number of amides is 1. The summed E-state index contributed by atoms with van der Waals surface area (Å²) >= 11 is 4.49. The van der Waals surface area contributed by atoms with Crippen LogP contribution in [0.2, 0.25) is 0 Å². The number of aryl methyl sites for hydroxylation is 1. The molecule has 100 valence electrons. The summed E-state index contributed by atoms with van der Waals surface area (Å²) in [6.45, 7) is 2.17. The number of methoxy groups -OCH3 is 1. The van der Waals surface area contributed by atoms with Crippen molar-refractivity contribution in [3.05, 3.63) is 39.1 Å². The Hall–Kier alpha value is -1.47. The molecule has 1 amide bonds. The van der Waals surface area contributed by atoms with E-state index in [0.29, 0.717) is 17.4 Å². The van der Waals surface area contributed by atoms with Gasteiger partial charge in [0.25, 0.3) is 5.91 Å². The van der Waals surface area contributed by atoms with E-state index in [-0.39, 0.29) is 5.91 Å². The fourth-order valence-corrected chi connectivity index (χ4v) is 2.59. The third kappa shape index (κ3) is 3.74. The van der Waals surface area contributed by atoms with Crippen LogP contribution >= 0.6 is 27.5 Å². The fraction of sp³-hybridized carbons (Fsp3) is 0.250. The van der Waals surface area contributed by atoms with E-state index in [2.05, 4.69) is 30.6 Å². The van der Waals surface area contributed by atoms with Crippen LogP contribution in [-0.2, 0) is 6.54 Å². The number of carbonyl (C=O) groups excluding carboxylic acids is 1. The van der Waals surface area contributed by atoms with Crippen LogP contribution in [0.1, 0.15) is 21.2 Å². The molecule has 1 heterocycles. The summed E-state index contributed by atoms with van der Waals surface area (Å²) < 4.78 is 10.0. The third-order valence-corrected chi connectivity index (χ3v) is 3.60. The first-order valence-electron chi connectivity index (χ1n) is 5.50. The predicted octanol–water partition coefficient (Wildman–Crippen LogP) is 2.55. The Morgan fingerprint density at radius 3 is 2.89 bits per heavy atom. The minimum absolute atomic E-state index is 0.218. The molecule has 1 N–H and O–H groups in total. The van der Waals surface area contributed by atoms with Crippen molar-refractivity contribution in [3.8, 4) is 5.75 Å². The molecule has 5 nitrogen and oxygen atoms in total. The molecule has 2 rings (SSSR count). The first kappa shape index (κ1) is 14.0. The highest BCUT2D eigenvalue weighted by Gasteiger charge is 2.10. The van der Waals surface area contributed by atoms with Gasteiger partial charge in [0.2, 0.25) is 5.01 Å². The zero-order valence-corrected chi connectivity index (χ0v) is 12.8. The minimum Gasteiger partial charge on any atom is -0.497 e. The van der Waals surface area contributed by atoms with Gasteiger partial charge in [0.05, 0.1) is 7.11 Å². The van der Waals surface area contributed by atoms with Gasteiger partial charge in [0, 0.05) is 11.0 Å². The van der Waals surface area contributed by atoms with Gasteiger partial charge < -0.3 is 10.1 Å². The minimum atomic E-state index is -0.218. The molecule has 0 saturated carbocycles. The third-order valence-electron chi connectivity index (χ3n) is 2.34. The van der Waals surface area contributed by atoms with E-state index < -0.39 is 0 Å². The Morgan fingerprint density at radius 2 is 2.26 bits per heavy atom. The summed E-state index contributed by atoms with van der Waals surface area (Å²) in [4.78, 5) is 15.9. The molecule has 0 bridgehead atoms. The lowest BCUT2D eigenvalue weighted by Crippen LogP contribution is -2.22. The molecule has 19 heavy (non-hydrogen) atoms. The van der Waals surface area contributed by atoms with Gasteiger partial charge in [-0.1, -0.05) is 15.9 Å². The van der Waals surface area contributed by atoms with Crippen molar-refractivity contribution in [2.75, 3.05) is 7.11 Å². The number of aromatic nitrogens is 2. The lowest BCUT2D eigenvalue weighted by Gasteiger charge is -2.06. The van der Waals surface area contributed by atoms with E-state index in [9.17, 15) is 4.79 Å². The van der Waals surface area contributed by atoms with Gasteiger partial charge in [-0.05, 0) is 42.2 Å². The number of carbonyl (C=O) groups is 1. The van der Waals surface area contributed by atoms with Crippen LogP contribution < -0.4 is 10.1 Å². The molecule has 0 aliphatic carbocycles. The van der Waals surface area contributed by atoms with Crippen LogP contribution in [0.3, 0.4) is 0 Å². The van der Waals surface area contributed by atoms with Crippen molar-refractivity contribution in [2.24, 2.45) is 0 Å². The number of halogens is 1. The van der Waals surface area contributed by atoms with Crippen LogP contribution in [0.15, 0.2) is 22.7 Å². The van der Waals surface area contributed by atoms with Gasteiger partial charge in [0.1, 0.15) is 11.6 Å². The van der Waals surface area contributed by atoms with Crippen molar-refractivity contribution in [3.63, 3.8) is 0 Å². The van der Waals surface area contributed by atoms with Gasteiger partial charge in [-0.3, -0.25) is 4.79 Å². The second-order valence-electron chi connectivity index (χ2n) is 3.83. The van der Waals surface area contributed by atoms with Crippen molar-refractivity contribution in [1.82, 2.24) is 14.7 Å². The van der Waals surface area contributed by atoms with E-state index in [1.165, 1.54) is 0 Å². The topological polar surface area (TPSA) is 64.1 Å². The first-order valence-corrected chi connectivity index (χ1v) is 7.07. The van der Waals surface area contributed by atoms with Crippen LogP contribution in [0.25, 0.3) is 0 Å². The predicted molar refractivity (Wildman–Crippen MR) is 76.5 cm³/mol. The SMILES string of the molecule is COc1cc(Br)cc(CNC(=O)c2nc(C)ns2)c1. The molecule has 0 atom stereocenters. The molecule has 0 fully saturated rings. The molecule has 2 aromatic rings. The maximum Gasteiger partial charge on any atom is 0.282 e. The normalized spacial score (nSPS) is 10.3. The van der Waals surface area contributed by atoms with Crippen LogP contribution in [0, 0.1) is 6.92 Å². The van der Waals surface area contributed by atoms with Crippen molar-refractivity contribution < 1.29 is 9.53 Å². The number of benzene rings is 1. The van der Waals surface area contributed by atoms with Crippen LogP contribution in [-0.4, -0.2) is 22.4 Å². The zero-order valence-electron chi connectivity index (χ0n) is 10.4. The average molecular weight is 342 g/mol. The molecule has 0 aliphatic rings. The van der Waals surface area contributed by atoms with Gasteiger partial charge in [0.15, 0.2) is 0 Å². The maximum absolute atomic E-state index is 11.8. The standard InChI is InChI=1S/C12H12BrN3O2S/c1-7-15-12(19-16-7)11(17)14-6-8-3-9(13)5-10(4-8)18-2/h3-5H,6H2,1-2H3,(H,14,17). The second kappa shape index (κ2) is 6.12. The Kier molecular flexibility index (Phi) is 4.49. The Balaban J connectivity index is 2.02. The van der Waals surface area contributed by atoms with E-state index in [1.807, 2.05) is 18.2 Å².